The van der Waals surface area contributed by atoms with E-state index in [1.807, 2.05) is 30.3 Å². The smallest absolute Gasteiger partial charge is 0.142 e. The Kier molecular flexibility index (Phi) is 6.22. The molecule has 3 aromatic carbocycles. The van der Waals surface area contributed by atoms with E-state index in [2.05, 4.69) is 66.0 Å². The number of fused-ring (bicyclic) bond motifs is 3. The predicted molar refractivity (Wildman–Crippen MR) is 129 cm³/mol. The molecule has 4 aromatic rings. The predicted octanol–water partition coefficient (Wildman–Crippen LogP) is 5.81. The van der Waals surface area contributed by atoms with Crippen LogP contribution in [0.2, 0.25) is 0 Å². The third-order valence-electron chi connectivity index (χ3n) is 5.12. The number of aliphatic hydroxyl groups excluding tert-OH is 1. The van der Waals surface area contributed by atoms with Crippen LogP contribution in [0, 0.1) is 0 Å². The lowest BCUT2D eigenvalue weighted by atomic mass is 10.2. The maximum absolute atomic E-state index is 10.8. The zero-order valence-electron chi connectivity index (χ0n) is 16.7. The van der Waals surface area contributed by atoms with Crippen molar-refractivity contribution < 1.29 is 14.6 Å². The Morgan fingerprint density at radius 1 is 0.900 bits per heavy atom. The number of halogens is 2. The number of hydrogen-bond acceptors (Lipinski definition) is 4. The second kappa shape index (κ2) is 8.88. The molecule has 0 saturated heterocycles. The van der Waals surface area contributed by atoms with Gasteiger partial charge in [0.2, 0.25) is 0 Å². The van der Waals surface area contributed by atoms with Gasteiger partial charge in [0.05, 0.1) is 32.6 Å². The number of nitrogens with one attached hydrogen (secondary N) is 1. The van der Waals surface area contributed by atoms with Gasteiger partial charge in [-0.15, -0.1) is 0 Å². The van der Waals surface area contributed by atoms with Gasteiger partial charge in [0.15, 0.2) is 0 Å². The largest absolute Gasteiger partial charge is 0.497 e. The third-order valence-corrected chi connectivity index (χ3v) is 6.10. The Morgan fingerprint density at radius 3 is 2.10 bits per heavy atom. The zero-order chi connectivity index (χ0) is 21.3. The average Bonchev–Trinajstić information content (AvgIpc) is 3.04. The molecule has 5 nitrogen and oxygen atoms in total. The van der Waals surface area contributed by atoms with Crippen molar-refractivity contribution in [3.63, 3.8) is 0 Å². The lowest BCUT2D eigenvalue weighted by molar-refractivity contribution is 0.169. The summed E-state index contributed by atoms with van der Waals surface area (Å²) in [5.74, 6) is 1.43. The summed E-state index contributed by atoms with van der Waals surface area (Å²) < 4.78 is 14.9. The molecule has 0 aliphatic heterocycles. The molecule has 4 rings (SSSR count). The normalized spacial score (nSPS) is 12.3. The Labute approximate surface area is 191 Å². The van der Waals surface area contributed by atoms with Gasteiger partial charge in [-0.25, -0.2) is 0 Å². The van der Waals surface area contributed by atoms with Crippen molar-refractivity contribution in [2.24, 2.45) is 0 Å². The zero-order valence-corrected chi connectivity index (χ0v) is 19.8. The highest BCUT2D eigenvalue weighted by molar-refractivity contribution is 9.10. The average molecular weight is 534 g/mol. The maximum atomic E-state index is 10.8. The van der Waals surface area contributed by atoms with Gasteiger partial charge in [0.25, 0.3) is 0 Å². The second-order valence-electron chi connectivity index (χ2n) is 7.03. The Hall–Kier alpha value is -2.22. The molecule has 0 saturated carbocycles. The van der Waals surface area contributed by atoms with Crippen molar-refractivity contribution in [2.75, 3.05) is 26.1 Å². The van der Waals surface area contributed by atoms with Gasteiger partial charge in [0.1, 0.15) is 11.5 Å². The van der Waals surface area contributed by atoms with Crippen LogP contribution in [0.4, 0.5) is 5.69 Å². The van der Waals surface area contributed by atoms with Gasteiger partial charge in [-0.3, -0.25) is 0 Å². The lowest BCUT2D eigenvalue weighted by Gasteiger charge is -2.17. The minimum absolute atomic E-state index is 0.373. The van der Waals surface area contributed by atoms with Crippen molar-refractivity contribution >= 4 is 59.4 Å². The van der Waals surface area contributed by atoms with E-state index in [9.17, 15) is 5.11 Å². The Balaban J connectivity index is 1.61. The van der Waals surface area contributed by atoms with Crippen molar-refractivity contribution in [1.29, 1.82) is 0 Å². The second-order valence-corrected chi connectivity index (χ2v) is 8.87. The number of methoxy groups -OCH3 is 2. The molecule has 1 aromatic heterocycles. The summed E-state index contributed by atoms with van der Waals surface area (Å²) in [4.78, 5) is 0. The molecule has 0 aliphatic rings. The highest BCUT2D eigenvalue weighted by Crippen LogP contribution is 2.33. The summed E-state index contributed by atoms with van der Waals surface area (Å²) in [5, 5.41) is 16.4. The molecule has 7 heteroatoms. The van der Waals surface area contributed by atoms with E-state index >= 15 is 0 Å². The fourth-order valence-corrected chi connectivity index (χ4v) is 4.42. The molecule has 30 heavy (non-hydrogen) atoms. The van der Waals surface area contributed by atoms with E-state index in [4.69, 9.17) is 9.47 Å². The van der Waals surface area contributed by atoms with Crippen LogP contribution in [-0.2, 0) is 6.54 Å². The van der Waals surface area contributed by atoms with Gasteiger partial charge in [-0.05, 0) is 48.5 Å². The van der Waals surface area contributed by atoms with Crippen LogP contribution in [0.25, 0.3) is 21.8 Å². The topological polar surface area (TPSA) is 55.6 Å². The first-order valence-electron chi connectivity index (χ1n) is 9.51. The summed E-state index contributed by atoms with van der Waals surface area (Å²) >= 11 is 7.14. The number of rotatable bonds is 7. The number of hydrogen-bond donors (Lipinski definition) is 2. The molecule has 0 unspecified atom stereocenters. The van der Waals surface area contributed by atoms with Crippen LogP contribution < -0.4 is 14.8 Å². The van der Waals surface area contributed by atoms with Crippen LogP contribution in [0.5, 0.6) is 11.5 Å². The SMILES string of the molecule is COc1ccc(OC)c(NC[C@@H](O)Cn2c3ccc(Br)cc3c3cc(Br)ccc32)c1. The summed E-state index contributed by atoms with van der Waals surface area (Å²) in [6.07, 6.45) is -0.605. The van der Waals surface area contributed by atoms with Gasteiger partial charge in [0, 0.05) is 43.4 Å². The summed E-state index contributed by atoms with van der Waals surface area (Å²) in [6.45, 7) is 0.834. The first-order valence-corrected chi connectivity index (χ1v) is 11.1. The van der Waals surface area contributed by atoms with E-state index in [1.54, 1.807) is 14.2 Å². The molecule has 1 atom stereocenters. The standard InChI is InChI=1S/C23H22Br2N2O3/c1-29-17-5-8-23(30-2)20(11-17)26-12-16(28)13-27-21-6-3-14(24)9-18(21)19-10-15(25)4-7-22(19)27/h3-11,16,26,28H,12-13H2,1-2H3/t16-/m1/s1. The molecule has 156 valence electrons. The van der Waals surface area contributed by atoms with Crippen LogP contribution in [0.15, 0.2) is 63.5 Å². The highest BCUT2D eigenvalue weighted by Gasteiger charge is 2.15. The highest BCUT2D eigenvalue weighted by atomic mass is 79.9. The van der Waals surface area contributed by atoms with E-state index in [1.165, 1.54) is 0 Å². The first kappa shape index (κ1) is 21.0. The third kappa shape index (κ3) is 4.15. The molecule has 0 aliphatic carbocycles. The minimum Gasteiger partial charge on any atom is -0.497 e. The van der Waals surface area contributed by atoms with E-state index < -0.39 is 6.10 Å². The van der Waals surface area contributed by atoms with Gasteiger partial charge < -0.3 is 24.5 Å². The number of ether oxygens (including phenoxy) is 2. The summed E-state index contributed by atoms with van der Waals surface area (Å²) in [5.41, 5.74) is 2.96. The summed E-state index contributed by atoms with van der Waals surface area (Å²) in [7, 11) is 3.25. The summed E-state index contributed by atoms with van der Waals surface area (Å²) in [6, 6.07) is 18.0. The van der Waals surface area contributed by atoms with Crippen LogP contribution in [0.1, 0.15) is 0 Å². The molecule has 0 amide bonds. The van der Waals surface area contributed by atoms with Gasteiger partial charge in [-0.2, -0.15) is 0 Å². The lowest BCUT2D eigenvalue weighted by Crippen LogP contribution is -2.25. The molecule has 0 spiro atoms. The quantitative estimate of drug-likeness (QED) is 0.315. The first-order chi connectivity index (χ1) is 14.5. The van der Waals surface area contributed by atoms with Crippen molar-refractivity contribution in [3.8, 4) is 11.5 Å². The monoisotopic (exact) mass is 532 g/mol. The molecule has 0 fully saturated rings. The van der Waals surface area contributed by atoms with E-state index in [0.717, 1.165) is 42.2 Å². The number of aromatic nitrogens is 1. The van der Waals surface area contributed by atoms with Crippen LogP contribution in [-0.4, -0.2) is 36.5 Å². The number of anilines is 1. The molecular formula is C23H22Br2N2O3. The van der Waals surface area contributed by atoms with Gasteiger partial charge >= 0.3 is 0 Å². The molecule has 1 heterocycles. The van der Waals surface area contributed by atoms with Gasteiger partial charge in [-0.1, -0.05) is 31.9 Å². The van der Waals surface area contributed by atoms with Crippen molar-refractivity contribution in [3.05, 3.63) is 63.5 Å². The molecular weight excluding hydrogens is 512 g/mol. The molecule has 2 N–H and O–H groups in total. The van der Waals surface area contributed by atoms with Crippen LogP contribution >= 0.6 is 31.9 Å². The minimum atomic E-state index is -0.605. The van der Waals surface area contributed by atoms with Crippen LogP contribution in [0.3, 0.4) is 0 Å². The molecule has 0 bridgehead atoms. The fourth-order valence-electron chi connectivity index (χ4n) is 3.70. The Morgan fingerprint density at radius 2 is 1.53 bits per heavy atom. The maximum Gasteiger partial charge on any atom is 0.142 e. The molecule has 0 radical (unpaired) electrons. The Bertz CT molecular complexity index is 1150. The van der Waals surface area contributed by atoms with E-state index in [0.29, 0.717) is 18.8 Å². The van der Waals surface area contributed by atoms with Crippen molar-refractivity contribution in [2.45, 2.75) is 12.6 Å². The van der Waals surface area contributed by atoms with Crippen molar-refractivity contribution in [1.82, 2.24) is 4.57 Å². The number of nitrogens with zero attached hydrogens (tertiary/aromatic N) is 1. The fraction of sp³-hybridized carbons (Fsp3) is 0.217. The number of benzene rings is 3. The van der Waals surface area contributed by atoms with E-state index in [-0.39, 0.29) is 0 Å². The number of aliphatic hydroxyl groups is 1.